The van der Waals surface area contributed by atoms with E-state index in [-0.39, 0.29) is 11.3 Å². The molecule has 5 heteroatoms. The third-order valence-electron chi connectivity index (χ3n) is 3.63. The maximum Gasteiger partial charge on any atom is 0.269 e. The highest BCUT2D eigenvalue weighted by molar-refractivity contribution is 6.02. The molecule has 0 aliphatic rings. The molecule has 0 spiro atoms. The predicted octanol–water partition coefficient (Wildman–Crippen LogP) is 3.02. The third kappa shape index (κ3) is 4.03. The highest BCUT2D eigenvalue weighted by Gasteiger charge is 2.10. The number of aromatic hydroxyl groups is 1. The van der Waals surface area contributed by atoms with Gasteiger partial charge in [-0.3, -0.25) is 20.4 Å². The number of benzene rings is 3. The second kappa shape index (κ2) is 7.31. The maximum atomic E-state index is 12.2. The second-order valence-electron chi connectivity index (χ2n) is 5.40. The fourth-order valence-electron chi connectivity index (χ4n) is 2.39. The zero-order valence-electron chi connectivity index (χ0n) is 13.3. The van der Waals surface area contributed by atoms with Crippen LogP contribution in [0.1, 0.15) is 15.9 Å². The largest absolute Gasteiger partial charge is 0.507 e. The Bertz CT molecular complexity index is 950. The molecule has 25 heavy (non-hydrogen) atoms. The monoisotopic (exact) mass is 332 g/mol. The lowest BCUT2D eigenvalue weighted by atomic mass is 10.1. The van der Waals surface area contributed by atoms with E-state index in [1.54, 1.807) is 30.3 Å². The SMILES string of the molecule is O=C(/C=C/c1ccccc1)NNC(=O)c1cc(O)c2ccccc2c1. The van der Waals surface area contributed by atoms with Gasteiger partial charge in [-0.1, -0.05) is 54.6 Å². The Hall–Kier alpha value is -3.60. The van der Waals surface area contributed by atoms with Crippen LogP contribution in [-0.2, 0) is 4.79 Å². The van der Waals surface area contributed by atoms with Crippen molar-refractivity contribution in [3.63, 3.8) is 0 Å². The lowest BCUT2D eigenvalue weighted by Gasteiger charge is -2.08. The van der Waals surface area contributed by atoms with Crippen LogP contribution in [0.15, 0.2) is 72.8 Å². The van der Waals surface area contributed by atoms with Crippen molar-refractivity contribution in [1.29, 1.82) is 0 Å². The first kappa shape index (κ1) is 16.3. The van der Waals surface area contributed by atoms with E-state index in [4.69, 9.17) is 0 Å². The molecule has 0 unspecified atom stereocenters. The maximum absolute atomic E-state index is 12.2. The number of hydrazine groups is 1. The predicted molar refractivity (Wildman–Crippen MR) is 96.7 cm³/mol. The molecule has 0 aliphatic carbocycles. The molecule has 3 N–H and O–H groups in total. The van der Waals surface area contributed by atoms with Crippen molar-refractivity contribution in [2.24, 2.45) is 0 Å². The summed E-state index contributed by atoms with van der Waals surface area (Å²) in [7, 11) is 0. The first-order valence-electron chi connectivity index (χ1n) is 7.69. The molecule has 0 saturated carbocycles. The fourth-order valence-corrected chi connectivity index (χ4v) is 2.39. The topological polar surface area (TPSA) is 78.4 Å². The zero-order chi connectivity index (χ0) is 17.6. The minimum absolute atomic E-state index is 0.0125. The van der Waals surface area contributed by atoms with E-state index >= 15 is 0 Å². The van der Waals surface area contributed by atoms with Crippen LogP contribution in [0.5, 0.6) is 5.75 Å². The number of amides is 2. The van der Waals surface area contributed by atoms with Crippen LogP contribution < -0.4 is 10.9 Å². The summed E-state index contributed by atoms with van der Waals surface area (Å²) in [6.45, 7) is 0. The highest BCUT2D eigenvalue weighted by atomic mass is 16.3. The third-order valence-corrected chi connectivity index (χ3v) is 3.63. The summed E-state index contributed by atoms with van der Waals surface area (Å²) >= 11 is 0. The number of hydrogen-bond donors (Lipinski definition) is 3. The van der Waals surface area contributed by atoms with Crippen LogP contribution in [0.4, 0.5) is 0 Å². The first-order valence-corrected chi connectivity index (χ1v) is 7.69. The number of nitrogens with one attached hydrogen (secondary N) is 2. The summed E-state index contributed by atoms with van der Waals surface area (Å²) < 4.78 is 0. The van der Waals surface area contributed by atoms with Gasteiger partial charge in [0.25, 0.3) is 11.8 Å². The van der Waals surface area contributed by atoms with E-state index in [2.05, 4.69) is 10.9 Å². The minimum Gasteiger partial charge on any atom is -0.507 e. The van der Waals surface area contributed by atoms with Gasteiger partial charge in [0.2, 0.25) is 0 Å². The van der Waals surface area contributed by atoms with E-state index in [9.17, 15) is 14.7 Å². The van der Waals surface area contributed by atoms with E-state index < -0.39 is 11.8 Å². The highest BCUT2D eigenvalue weighted by Crippen LogP contribution is 2.26. The molecule has 0 bridgehead atoms. The van der Waals surface area contributed by atoms with Crippen molar-refractivity contribution in [3.05, 3.63) is 83.9 Å². The lowest BCUT2D eigenvalue weighted by molar-refractivity contribution is -0.117. The molecule has 2 amide bonds. The summed E-state index contributed by atoms with van der Waals surface area (Å²) in [4.78, 5) is 23.9. The fraction of sp³-hybridized carbons (Fsp3) is 0. The van der Waals surface area contributed by atoms with Crippen molar-refractivity contribution < 1.29 is 14.7 Å². The molecule has 3 rings (SSSR count). The van der Waals surface area contributed by atoms with Crippen molar-refractivity contribution >= 4 is 28.7 Å². The summed E-state index contributed by atoms with van der Waals surface area (Å²) in [6, 6.07) is 19.5. The Morgan fingerprint density at radius 3 is 2.40 bits per heavy atom. The van der Waals surface area contributed by atoms with E-state index in [1.165, 1.54) is 12.1 Å². The Morgan fingerprint density at radius 1 is 0.880 bits per heavy atom. The number of carbonyl (C=O) groups excluding carboxylic acids is 2. The molecule has 0 saturated heterocycles. The van der Waals surface area contributed by atoms with Gasteiger partial charge in [-0.2, -0.15) is 0 Å². The summed E-state index contributed by atoms with van der Waals surface area (Å²) in [5.74, 6) is -0.955. The van der Waals surface area contributed by atoms with Crippen molar-refractivity contribution in [2.45, 2.75) is 0 Å². The van der Waals surface area contributed by atoms with Gasteiger partial charge in [-0.15, -0.1) is 0 Å². The zero-order valence-corrected chi connectivity index (χ0v) is 13.3. The van der Waals surface area contributed by atoms with Crippen LogP contribution in [0.3, 0.4) is 0 Å². The molecule has 3 aromatic carbocycles. The number of carbonyl (C=O) groups is 2. The summed E-state index contributed by atoms with van der Waals surface area (Å²) in [5, 5.41) is 11.4. The van der Waals surface area contributed by atoms with Crippen LogP contribution in [0.2, 0.25) is 0 Å². The molecule has 5 nitrogen and oxygen atoms in total. The van der Waals surface area contributed by atoms with Crippen molar-refractivity contribution in [3.8, 4) is 5.75 Å². The molecule has 0 atom stereocenters. The summed E-state index contributed by atoms with van der Waals surface area (Å²) in [5.41, 5.74) is 5.77. The van der Waals surface area contributed by atoms with Crippen molar-refractivity contribution in [1.82, 2.24) is 10.9 Å². The van der Waals surface area contributed by atoms with E-state index in [0.29, 0.717) is 5.39 Å². The van der Waals surface area contributed by atoms with Gasteiger partial charge >= 0.3 is 0 Å². The minimum atomic E-state index is -0.512. The molecule has 0 aromatic heterocycles. The van der Waals surface area contributed by atoms with Gasteiger partial charge in [0.15, 0.2) is 0 Å². The Morgan fingerprint density at radius 2 is 1.60 bits per heavy atom. The summed E-state index contributed by atoms with van der Waals surface area (Å²) in [6.07, 6.45) is 2.97. The van der Waals surface area contributed by atoms with E-state index in [1.807, 2.05) is 36.4 Å². The molecule has 3 aromatic rings. The standard InChI is InChI=1S/C20H16N2O3/c23-18-13-16(12-15-8-4-5-9-17(15)18)20(25)22-21-19(24)11-10-14-6-2-1-3-7-14/h1-13,23H,(H,21,24)(H,22,25)/b11-10+. The van der Waals surface area contributed by atoms with Crippen molar-refractivity contribution in [2.75, 3.05) is 0 Å². The van der Waals surface area contributed by atoms with Crippen LogP contribution in [0.25, 0.3) is 16.8 Å². The number of phenolic OH excluding ortho intramolecular Hbond substituents is 1. The quantitative estimate of drug-likeness (QED) is 0.509. The second-order valence-corrected chi connectivity index (χ2v) is 5.40. The lowest BCUT2D eigenvalue weighted by Crippen LogP contribution is -2.40. The Kier molecular flexibility index (Phi) is 4.76. The smallest absolute Gasteiger partial charge is 0.269 e. The van der Waals surface area contributed by atoms with Crippen LogP contribution in [0, 0.1) is 0 Å². The Labute approximate surface area is 144 Å². The van der Waals surface area contributed by atoms with Gasteiger partial charge in [-0.25, -0.2) is 0 Å². The molecule has 0 radical (unpaired) electrons. The normalized spacial score (nSPS) is 10.7. The molecule has 124 valence electrons. The average Bonchev–Trinajstić information content (AvgIpc) is 2.65. The van der Waals surface area contributed by atoms with E-state index in [0.717, 1.165) is 10.9 Å². The number of rotatable bonds is 3. The van der Waals surface area contributed by atoms with Gasteiger partial charge in [0, 0.05) is 17.0 Å². The van der Waals surface area contributed by atoms with Gasteiger partial charge < -0.3 is 5.11 Å². The number of phenols is 1. The average molecular weight is 332 g/mol. The van der Waals surface area contributed by atoms with Gasteiger partial charge in [0.1, 0.15) is 5.75 Å². The molecule has 0 heterocycles. The van der Waals surface area contributed by atoms with Gasteiger partial charge in [-0.05, 0) is 29.2 Å². The van der Waals surface area contributed by atoms with Crippen LogP contribution in [-0.4, -0.2) is 16.9 Å². The molecule has 0 fully saturated rings. The molecule has 0 aliphatic heterocycles. The number of fused-ring (bicyclic) bond motifs is 1. The number of hydrogen-bond acceptors (Lipinski definition) is 3. The first-order chi connectivity index (χ1) is 12.1. The molecular formula is C20H16N2O3. The van der Waals surface area contributed by atoms with Gasteiger partial charge in [0.05, 0.1) is 0 Å². The molecular weight excluding hydrogens is 316 g/mol. The van der Waals surface area contributed by atoms with Crippen LogP contribution >= 0.6 is 0 Å². The Balaban J connectivity index is 1.64.